The number of anilines is 1. The number of thiophene rings is 1. The molecule has 0 bridgehead atoms. The van der Waals surface area contributed by atoms with E-state index in [1.165, 1.54) is 22.4 Å². The third-order valence-corrected chi connectivity index (χ3v) is 4.90. The summed E-state index contributed by atoms with van der Waals surface area (Å²) in [6.07, 6.45) is 3.16. The number of halogens is 1. The molecule has 7 heteroatoms. The van der Waals surface area contributed by atoms with Gasteiger partial charge in [0, 0.05) is 27.1 Å². The molecule has 0 aliphatic heterocycles. The largest absolute Gasteiger partial charge is 0.298 e. The van der Waals surface area contributed by atoms with Gasteiger partial charge in [0.2, 0.25) is 0 Å². The molecule has 106 valence electrons. The van der Waals surface area contributed by atoms with Crippen molar-refractivity contribution in [2.45, 2.75) is 6.92 Å². The first kappa shape index (κ1) is 14.4. The second kappa shape index (κ2) is 6.05. The fraction of sp³-hybridized carbons (Fsp3) is 0.0714. The van der Waals surface area contributed by atoms with Gasteiger partial charge in [0.15, 0.2) is 5.13 Å². The van der Waals surface area contributed by atoms with Crippen LogP contribution in [0.2, 0.25) is 0 Å². The van der Waals surface area contributed by atoms with Crippen molar-refractivity contribution in [2.24, 2.45) is 0 Å². The van der Waals surface area contributed by atoms with Crippen LogP contribution in [0.15, 0.2) is 40.4 Å². The highest BCUT2D eigenvalue weighted by atomic mass is 79.9. The van der Waals surface area contributed by atoms with Gasteiger partial charge in [-0.3, -0.25) is 15.1 Å². The van der Waals surface area contributed by atoms with Gasteiger partial charge in [0.05, 0.1) is 16.1 Å². The minimum atomic E-state index is -0.216. The molecule has 1 amide bonds. The lowest BCUT2D eigenvalue weighted by Crippen LogP contribution is -2.11. The van der Waals surface area contributed by atoms with Crippen LogP contribution in [0.4, 0.5) is 5.13 Å². The van der Waals surface area contributed by atoms with Crippen LogP contribution in [0.3, 0.4) is 0 Å². The Labute approximate surface area is 138 Å². The number of hydrogen-bond acceptors (Lipinski definition) is 5. The summed E-state index contributed by atoms with van der Waals surface area (Å²) in [5, 5.41) is 5.32. The summed E-state index contributed by atoms with van der Waals surface area (Å²) in [4.78, 5) is 22.9. The fourth-order valence-electron chi connectivity index (χ4n) is 1.72. The van der Waals surface area contributed by atoms with Crippen molar-refractivity contribution in [2.75, 3.05) is 5.32 Å². The number of nitrogens with one attached hydrogen (secondary N) is 1. The van der Waals surface area contributed by atoms with Gasteiger partial charge in [-0.1, -0.05) is 0 Å². The van der Waals surface area contributed by atoms with Gasteiger partial charge in [0.25, 0.3) is 5.91 Å². The molecule has 4 nitrogen and oxygen atoms in total. The van der Waals surface area contributed by atoms with Crippen molar-refractivity contribution >= 4 is 49.6 Å². The number of rotatable bonds is 3. The van der Waals surface area contributed by atoms with Crippen LogP contribution < -0.4 is 5.32 Å². The minimum absolute atomic E-state index is 0.216. The summed E-state index contributed by atoms with van der Waals surface area (Å²) < 4.78 is 0.768. The topological polar surface area (TPSA) is 54.9 Å². The molecule has 0 spiro atoms. The second-order valence-corrected chi connectivity index (χ2v) is 7.36. The average molecular weight is 380 g/mol. The molecule has 0 aliphatic rings. The summed E-state index contributed by atoms with van der Waals surface area (Å²) in [6.45, 7) is 2.06. The SMILES string of the molecule is Cc1ccc(-c2csc(NC(=O)c3cncc(Br)c3)n2)s1. The van der Waals surface area contributed by atoms with Crippen LogP contribution in [0.25, 0.3) is 10.6 Å². The van der Waals surface area contributed by atoms with Crippen LogP contribution in [0.1, 0.15) is 15.2 Å². The first-order valence-corrected chi connectivity index (χ1v) is 8.55. The van der Waals surface area contributed by atoms with Gasteiger partial charge < -0.3 is 0 Å². The second-order valence-electron chi connectivity index (χ2n) is 4.29. The molecular weight excluding hydrogens is 370 g/mol. The van der Waals surface area contributed by atoms with E-state index < -0.39 is 0 Å². The van der Waals surface area contributed by atoms with E-state index in [4.69, 9.17) is 0 Å². The van der Waals surface area contributed by atoms with E-state index in [-0.39, 0.29) is 5.91 Å². The molecule has 1 N–H and O–H groups in total. The van der Waals surface area contributed by atoms with E-state index in [0.717, 1.165) is 15.0 Å². The molecule has 0 saturated carbocycles. The normalized spacial score (nSPS) is 10.6. The summed E-state index contributed by atoms with van der Waals surface area (Å²) in [6, 6.07) is 5.82. The molecule has 0 aliphatic carbocycles. The van der Waals surface area contributed by atoms with Gasteiger partial charge in [-0.15, -0.1) is 22.7 Å². The minimum Gasteiger partial charge on any atom is -0.298 e. The molecule has 0 saturated heterocycles. The molecule has 21 heavy (non-hydrogen) atoms. The molecule has 3 aromatic rings. The maximum absolute atomic E-state index is 12.1. The monoisotopic (exact) mass is 379 g/mol. The zero-order valence-electron chi connectivity index (χ0n) is 11.0. The van der Waals surface area contributed by atoms with Crippen molar-refractivity contribution in [3.05, 3.63) is 50.9 Å². The van der Waals surface area contributed by atoms with E-state index in [1.807, 2.05) is 11.4 Å². The summed E-state index contributed by atoms with van der Waals surface area (Å²) in [5.74, 6) is -0.216. The zero-order valence-corrected chi connectivity index (χ0v) is 14.2. The molecule has 0 atom stereocenters. The molecule has 0 fully saturated rings. The smallest absolute Gasteiger partial charge is 0.259 e. The molecule has 3 aromatic heterocycles. The predicted molar refractivity (Wildman–Crippen MR) is 90.1 cm³/mol. The Morgan fingerprint density at radius 1 is 1.33 bits per heavy atom. The number of carbonyl (C=O) groups is 1. The molecule has 0 unspecified atom stereocenters. The lowest BCUT2D eigenvalue weighted by molar-refractivity contribution is 0.102. The van der Waals surface area contributed by atoms with Crippen molar-refractivity contribution < 1.29 is 4.79 Å². The number of aromatic nitrogens is 2. The van der Waals surface area contributed by atoms with Crippen LogP contribution in [0, 0.1) is 6.92 Å². The molecule has 0 radical (unpaired) electrons. The standard InChI is InChI=1S/C14H10BrN3OS2/c1-8-2-3-12(21-8)11-7-20-14(17-11)18-13(19)9-4-10(15)6-16-5-9/h2-7H,1H3,(H,17,18,19). The maximum atomic E-state index is 12.1. The molecule has 0 aromatic carbocycles. The quantitative estimate of drug-likeness (QED) is 0.723. The van der Waals surface area contributed by atoms with Crippen LogP contribution in [0.5, 0.6) is 0 Å². The highest BCUT2D eigenvalue weighted by Crippen LogP contribution is 2.30. The predicted octanol–water partition coefficient (Wildman–Crippen LogP) is 4.59. The van der Waals surface area contributed by atoms with Crippen LogP contribution >= 0.6 is 38.6 Å². The number of thiazole rings is 1. The maximum Gasteiger partial charge on any atom is 0.259 e. The van der Waals surface area contributed by atoms with Gasteiger partial charge in [0.1, 0.15) is 0 Å². The van der Waals surface area contributed by atoms with Crippen LogP contribution in [-0.4, -0.2) is 15.9 Å². The van der Waals surface area contributed by atoms with Crippen LogP contribution in [-0.2, 0) is 0 Å². The number of amides is 1. The Bertz CT molecular complexity index is 797. The van der Waals surface area contributed by atoms with Crippen molar-refractivity contribution in [3.63, 3.8) is 0 Å². The van der Waals surface area contributed by atoms with Crippen molar-refractivity contribution in [3.8, 4) is 10.6 Å². The Hall–Kier alpha value is -1.57. The molecular formula is C14H10BrN3OS2. The Morgan fingerprint density at radius 2 is 2.19 bits per heavy atom. The third-order valence-electron chi connectivity index (χ3n) is 2.68. The van der Waals surface area contributed by atoms with E-state index in [9.17, 15) is 4.79 Å². The average Bonchev–Trinajstić information content (AvgIpc) is 3.07. The third kappa shape index (κ3) is 3.37. The highest BCUT2D eigenvalue weighted by molar-refractivity contribution is 9.10. The first-order chi connectivity index (χ1) is 10.1. The summed E-state index contributed by atoms with van der Waals surface area (Å²) in [7, 11) is 0. The molecule has 3 heterocycles. The number of nitrogens with zero attached hydrogens (tertiary/aromatic N) is 2. The Morgan fingerprint density at radius 3 is 2.90 bits per heavy atom. The van der Waals surface area contributed by atoms with E-state index in [2.05, 4.69) is 44.2 Å². The fourth-order valence-corrected chi connectivity index (χ4v) is 3.70. The van der Waals surface area contributed by atoms with Crippen molar-refractivity contribution in [1.29, 1.82) is 0 Å². The number of pyridine rings is 1. The number of carbonyl (C=O) groups excluding carboxylic acids is 1. The summed E-state index contributed by atoms with van der Waals surface area (Å²) in [5.41, 5.74) is 1.38. The highest BCUT2D eigenvalue weighted by Gasteiger charge is 2.11. The molecule has 3 rings (SSSR count). The lowest BCUT2D eigenvalue weighted by Gasteiger charge is -2.01. The van der Waals surface area contributed by atoms with Gasteiger partial charge in [-0.2, -0.15) is 0 Å². The van der Waals surface area contributed by atoms with Gasteiger partial charge in [-0.25, -0.2) is 4.98 Å². The van der Waals surface area contributed by atoms with Gasteiger partial charge in [-0.05, 0) is 41.1 Å². The first-order valence-electron chi connectivity index (χ1n) is 6.06. The Balaban J connectivity index is 1.77. The Kier molecular flexibility index (Phi) is 4.14. The van der Waals surface area contributed by atoms with E-state index in [1.54, 1.807) is 23.6 Å². The zero-order chi connectivity index (χ0) is 14.8. The van der Waals surface area contributed by atoms with E-state index >= 15 is 0 Å². The lowest BCUT2D eigenvalue weighted by atomic mass is 10.3. The number of hydrogen-bond donors (Lipinski definition) is 1. The summed E-state index contributed by atoms with van der Waals surface area (Å²) >= 11 is 6.40. The number of aryl methyl sites for hydroxylation is 1. The van der Waals surface area contributed by atoms with Gasteiger partial charge >= 0.3 is 0 Å². The van der Waals surface area contributed by atoms with E-state index in [0.29, 0.717) is 10.7 Å². The van der Waals surface area contributed by atoms with Crippen molar-refractivity contribution in [1.82, 2.24) is 9.97 Å².